The average molecular weight is 363 g/mol. The van der Waals surface area contributed by atoms with E-state index in [1.54, 1.807) is 37.4 Å². The predicted octanol–water partition coefficient (Wildman–Crippen LogP) is 3.89. The van der Waals surface area contributed by atoms with E-state index in [4.69, 9.17) is 0 Å². The second-order valence-corrected chi connectivity index (χ2v) is 6.20. The molecule has 0 radical (unpaired) electrons. The fraction of sp³-hybridized carbons (Fsp3) is 0.143. The van der Waals surface area contributed by atoms with Crippen LogP contribution >= 0.6 is 0 Å². The molecule has 0 unspecified atom stereocenters. The van der Waals surface area contributed by atoms with Gasteiger partial charge in [-0.05, 0) is 43.7 Å². The number of amides is 1. The number of nitrogens with zero attached hydrogens (tertiary/aromatic N) is 2. The normalized spacial score (nSPS) is 11.7. The molecule has 0 spiro atoms. The number of hydrogen-bond donors (Lipinski definition) is 1. The number of carbonyl (C=O) groups is 2. The quantitative estimate of drug-likeness (QED) is 0.698. The topological polar surface area (TPSA) is 72.0 Å². The molecule has 1 atom stereocenters. The number of hydrogen-bond acceptors (Lipinski definition) is 4. The van der Waals surface area contributed by atoms with Crippen molar-refractivity contribution in [2.45, 2.75) is 19.9 Å². The van der Waals surface area contributed by atoms with Gasteiger partial charge < -0.3 is 5.32 Å². The molecule has 0 fully saturated rings. The number of aromatic nitrogens is 2. The maximum absolute atomic E-state index is 13.0. The van der Waals surface area contributed by atoms with Crippen LogP contribution in [0.15, 0.2) is 54.9 Å². The molecule has 27 heavy (non-hydrogen) atoms. The van der Waals surface area contributed by atoms with Crippen LogP contribution in [0.1, 0.15) is 44.9 Å². The second-order valence-electron chi connectivity index (χ2n) is 6.20. The lowest BCUT2D eigenvalue weighted by atomic mass is 9.97. The zero-order valence-corrected chi connectivity index (χ0v) is 14.9. The number of halogens is 1. The van der Waals surface area contributed by atoms with Crippen molar-refractivity contribution in [1.82, 2.24) is 15.3 Å². The summed E-state index contributed by atoms with van der Waals surface area (Å²) in [6.07, 6.45) is 3.49. The molecule has 2 aromatic heterocycles. The predicted molar refractivity (Wildman–Crippen MR) is 99.9 cm³/mol. The monoisotopic (exact) mass is 363 g/mol. The molecule has 5 nitrogen and oxygen atoms in total. The largest absolute Gasteiger partial charge is 0.344 e. The summed E-state index contributed by atoms with van der Waals surface area (Å²) in [7, 11) is 0. The number of pyridine rings is 2. The minimum absolute atomic E-state index is 0.338. The minimum atomic E-state index is -0.441. The molecule has 1 amide bonds. The second kappa shape index (κ2) is 7.86. The van der Waals surface area contributed by atoms with Crippen molar-refractivity contribution in [3.63, 3.8) is 0 Å². The molecule has 0 aliphatic heterocycles. The van der Waals surface area contributed by atoms with Gasteiger partial charge in [-0.3, -0.25) is 19.6 Å². The van der Waals surface area contributed by atoms with Gasteiger partial charge in [-0.1, -0.05) is 18.2 Å². The maximum atomic E-state index is 13.0. The lowest BCUT2D eigenvalue weighted by Crippen LogP contribution is -2.28. The van der Waals surface area contributed by atoms with Gasteiger partial charge in [0.2, 0.25) is 0 Å². The zero-order valence-electron chi connectivity index (χ0n) is 14.9. The molecular weight excluding hydrogens is 345 g/mol. The van der Waals surface area contributed by atoms with E-state index in [1.807, 2.05) is 13.0 Å². The Morgan fingerprint density at radius 2 is 1.93 bits per heavy atom. The molecule has 3 rings (SSSR count). The lowest BCUT2D eigenvalue weighted by molar-refractivity contribution is 0.0939. The van der Waals surface area contributed by atoms with E-state index >= 15 is 0 Å². The van der Waals surface area contributed by atoms with Crippen LogP contribution in [0.4, 0.5) is 4.39 Å². The van der Waals surface area contributed by atoms with Gasteiger partial charge in [0.15, 0.2) is 6.29 Å². The van der Waals surface area contributed by atoms with Crippen LogP contribution in [-0.2, 0) is 0 Å². The Kier molecular flexibility index (Phi) is 5.35. The summed E-state index contributed by atoms with van der Waals surface area (Å²) in [4.78, 5) is 32.7. The van der Waals surface area contributed by atoms with E-state index in [0.717, 1.165) is 11.8 Å². The first kappa shape index (κ1) is 18.4. The molecule has 1 N–H and O–H groups in total. The molecule has 1 aromatic carbocycles. The van der Waals surface area contributed by atoms with Crippen molar-refractivity contribution in [2.75, 3.05) is 0 Å². The van der Waals surface area contributed by atoms with E-state index in [1.165, 1.54) is 12.1 Å². The summed E-state index contributed by atoms with van der Waals surface area (Å²) in [5, 5.41) is 2.84. The van der Waals surface area contributed by atoms with Crippen LogP contribution < -0.4 is 5.32 Å². The molecule has 3 aromatic rings. The molecule has 0 saturated heterocycles. The van der Waals surface area contributed by atoms with Crippen LogP contribution in [-0.4, -0.2) is 22.2 Å². The number of benzene rings is 1. The molecule has 0 aliphatic rings. The number of aryl methyl sites for hydroxylation is 1. The van der Waals surface area contributed by atoms with Crippen LogP contribution in [0, 0.1) is 12.7 Å². The average Bonchev–Trinajstić information content (AvgIpc) is 2.68. The lowest BCUT2D eigenvalue weighted by Gasteiger charge is -2.16. The third kappa shape index (κ3) is 4.06. The first-order valence-electron chi connectivity index (χ1n) is 8.43. The van der Waals surface area contributed by atoms with Crippen LogP contribution in [0.2, 0.25) is 0 Å². The summed E-state index contributed by atoms with van der Waals surface area (Å²) < 4.78 is 13.0. The fourth-order valence-corrected chi connectivity index (χ4v) is 2.75. The Morgan fingerprint density at radius 3 is 2.56 bits per heavy atom. The molecule has 0 bridgehead atoms. The number of nitrogens with one attached hydrogen (secondary N) is 1. The molecule has 2 heterocycles. The van der Waals surface area contributed by atoms with Gasteiger partial charge in [-0.15, -0.1) is 0 Å². The highest BCUT2D eigenvalue weighted by atomic mass is 19.1. The Balaban J connectivity index is 1.95. The highest BCUT2D eigenvalue weighted by molar-refractivity contribution is 6.04. The van der Waals surface area contributed by atoms with Crippen LogP contribution in [0.25, 0.3) is 11.3 Å². The number of carbonyl (C=O) groups excluding carboxylic acids is 2. The Labute approximate surface area is 156 Å². The van der Waals surface area contributed by atoms with Gasteiger partial charge in [0.05, 0.1) is 23.6 Å². The van der Waals surface area contributed by atoms with Crippen molar-refractivity contribution in [2.24, 2.45) is 0 Å². The van der Waals surface area contributed by atoms with Gasteiger partial charge in [-0.25, -0.2) is 4.39 Å². The Morgan fingerprint density at radius 1 is 1.11 bits per heavy atom. The molecule has 0 saturated carbocycles. The van der Waals surface area contributed by atoms with E-state index < -0.39 is 11.9 Å². The third-order valence-corrected chi connectivity index (χ3v) is 4.18. The third-order valence-electron chi connectivity index (χ3n) is 4.18. The van der Waals surface area contributed by atoms with Gasteiger partial charge in [-0.2, -0.15) is 0 Å². The first-order valence-corrected chi connectivity index (χ1v) is 8.43. The summed E-state index contributed by atoms with van der Waals surface area (Å²) >= 11 is 0. The smallest absolute Gasteiger partial charge is 0.252 e. The van der Waals surface area contributed by atoms with E-state index in [2.05, 4.69) is 15.3 Å². The summed E-state index contributed by atoms with van der Waals surface area (Å²) in [5.41, 5.74) is 3.25. The van der Waals surface area contributed by atoms with Gasteiger partial charge in [0.25, 0.3) is 5.91 Å². The maximum Gasteiger partial charge on any atom is 0.252 e. The number of aldehydes is 1. The fourth-order valence-electron chi connectivity index (χ4n) is 2.75. The standard InChI is InChI=1S/C21H18FN3O2/c1-13-6-8-19(23-10-13)20-15(12-26)4-3-5-17(20)21(27)25-14(2)18-9-7-16(22)11-24-18/h3-12,14H,1-2H3,(H,25,27)/t14-/m1/s1. The van der Waals surface area contributed by atoms with Crippen molar-refractivity contribution < 1.29 is 14.0 Å². The minimum Gasteiger partial charge on any atom is -0.344 e. The number of rotatable bonds is 5. The van der Waals surface area contributed by atoms with Gasteiger partial charge >= 0.3 is 0 Å². The zero-order chi connectivity index (χ0) is 19.4. The van der Waals surface area contributed by atoms with Crippen molar-refractivity contribution in [3.8, 4) is 11.3 Å². The first-order chi connectivity index (χ1) is 13.0. The highest BCUT2D eigenvalue weighted by Gasteiger charge is 2.19. The van der Waals surface area contributed by atoms with Crippen molar-refractivity contribution in [1.29, 1.82) is 0 Å². The summed E-state index contributed by atoms with van der Waals surface area (Å²) in [5.74, 6) is -0.807. The van der Waals surface area contributed by atoms with Crippen molar-refractivity contribution in [3.05, 3.63) is 83.1 Å². The highest BCUT2D eigenvalue weighted by Crippen LogP contribution is 2.26. The Hall–Kier alpha value is -3.41. The van der Waals surface area contributed by atoms with E-state index in [-0.39, 0.29) is 5.91 Å². The van der Waals surface area contributed by atoms with Gasteiger partial charge in [0, 0.05) is 22.9 Å². The van der Waals surface area contributed by atoms with Crippen LogP contribution in [0.5, 0.6) is 0 Å². The molecule has 0 aliphatic carbocycles. The van der Waals surface area contributed by atoms with E-state index in [0.29, 0.717) is 34.4 Å². The SMILES string of the molecule is Cc1ccc(-c2c(C=O)cccc2C(=O)N[C@H](C)c2ccc(F)cn2)nc1. The van der Waals surface area contributed by atoms with E-state index in [9.17, 15) is 14.0 Å². The molecule has 6 heteroatoms. The van der Waals surface area contributed by atoms with Gasteiger partial charge in [0.1, 0.15) is 5.82 Å². The van der Waals surface area contributed by atoms with Crippen molar-refractivity contribution >= 4 is 12.2 Å². The summed E-state index contributed by atoms with van der Waals surface area (Å²) in [6.45, 7) is 3.67. The summed E-state index contributed by atoms with van der Waals surface area (Å²) in [6, 6.07) is 11.0. The molecular formula is C21H18FN3O2. The van der Waals surface area contributed by atoms with Crippen LogP contribution in [0.3, 0.4) is 0 Å². The Bertz CT molecular complexity index is 970. The molecule has 136 valence electrons.